The molecule has 0 spiro atoms. The number of piperidine rings is 1. The molecule has 2 unspecified atom stereocenters. The van der Waals surface area contributed by atoms with Gasteiger partial charge in [0, 0.05) is 18.0 Å². The van der Waals surface area contributed by atoms with Crippen molar-refractivity contribution < 1.29 is 4.79 Å². The van der Waals surface area contributed by atoms with Crippen LogP contribution in [0.5, 0.6) is 0 Å². The van der Waals surface area contributed by atoms with E-state index in [1.807, 2.05) is 0 Å². The van der Waals surface area contributed by atoms with Gasteiger partial charge in [-0.3, -0.25) is 4.79 Å². The molecule has 3 nitrogen and oxygen atoms in total. The Hall–Kier alpha value is -0.570. The molecule has 2 aliphatic rings. The van der Waals surface area contributed by atoms with Crippen molar-refractivity contribution >= 4 is 5.91 Å². The molecular weight excluding hydrogens is 188 g/mol. The number of amides is 1. The Labute approximate surface area is 92.0 Å². The van der Waals surface area contributed by atoms with Crippen LogP contribution in [-0.4, -0.2) is 24.5 Å². The highest BCUT2D eigenvalue weighted by Crippen LogP contribution is 2.25. The molecule has 3 heteroatoms. The smallest absolute Gasteiger partial charge is 0.223 e. The summed E-state index contributed by atoms with van der Waals surface area (Å²) in [5.41, 5.74) is 0. The van der Waals surface area contributed by atoms with Crippen LogP contribution in [0.1, 0.15) is 45.4 Å². The summed E-state index contributed by atoms with van der Waals surface area (Å²) in [6, 6.07) is 0.788. The Morgan fingerprint density at radius 2 is 1.93 bits per heavy atom. The number of hydrogen-bond donors (Lipinski definition) is 2. The average Bonchev–Trinajstić information content (AvgIpc) is 2.74. The normalized spacial score (nSPS) is 32.9. The first kappa shape index (κ1) is 10.9. The van der Waals surface area contributed by atoms with E-state index in [4.69, 9.17) is 0 Å². The van der Waals surface area contributed by atoms with Gasteiger partial charge in [-0.05, 0) is 39.2 Å². The van der Waals surface area contributed by atoms with Crippen molar-refractivity contribution in [1.82, 2.24) is 10.6 Å². The van der Waals surface area contributed by atoms with Gasteiger partial charge in [0.25, 0.3) is 0 Å². The van der Waals surface area contributed by atoms with Crippen molar-refractivity contribution in [1.29, 1.82) is 0 Å². The second kappa shape index (κ2) is 4.97. The van der Waals surface area contributed by atoms with Gasteiger partial charge in [-0.25, -0.2) is 0 Å². The van der Waals surface area contributed by atoms with Crippen molar-refractivity contribution in [3.8, 4) is 0 Å². The minimum atomic E-state index is 0.299. The van der Waals surface area contributed by atoms with Crippen molar-refractivity contribution in [2.45, 2.75) is 57.5 Å². The van der Waals surface area contributed by atoms with Crippen molar-refractivity contribution in [2.24, 2.45) is 5.92 Å². The summed E-state index contributed by atoms with van der Waals surface area (Å²) in [6.07, 6.45) is 6.97. The van der Waals surface area contributed by atoms with Crippen LogP contribution < -0.4 is 10.6 Å². The Morgan fingerprint density at radius 1 is 1.20 bits per heavy atom. The summed E-state index contributed by atoms with van der Waals surface area (Å²) in [7, 11) is 0. The van der Waals surface area contributed by atoms with Crippen molar-refractivity contribution in [3.63, 3.8) is 0 Å². The van der Waals surface area contributed by atoms with Gasteiger partial charge >= 0.3 is 0 Å². The maximum absolute atomic E-state index is 11.9. The third-order valence-electron chi connectivity index (χ3n) is 3.82. The summed E-state index contributed by atoms with van der Waals surface area (Å²) in [5, 5.41) is 6.62. The Morgan fingerprint density at radius 3 is 2.60 bits per heavy atom. The number of hydrogen-bond acceptors (Lipinski definition) is 2. The Balaban J connectivity index is 1.81. The second-order valence-corrected chi connectivity index (χ2v) is 4.98. The van der Waals surface area contributed by atoms with Crippen LogP contribution in [0.3, 0.4) is 0 Å². The summed E-state index contributed by atoms with van der Waals surface area (Å²) >= 11 is 0. The molecule has 1 aliphatic heterocycles. The molecular formula is C12H22N2O. The summed E-state index contributed by atoms with van der Waals surface area (Å²) in [5.74, 6) is 0.604. The minimum absolute atomic E-state index is 0.299. The fraction of sp³-hybridized carbons (Fsp3) is 0.917. The number of carbonyl (C=O) groups is 1. The zero-order valence-corrected chi connectivity index (χ0v) is 9.59. The van der Waals surface area contributed by atoms with Crippen LogP contribution >= 0.6 is 0 Å². The Bertz CT molecular complexity index is 224. The summed E-state index contributed by atoms with van der Waals surface area (Å²) in [6.45, 7) is 3.26. The van der Waals surface area contributed by atoms with Gasteiger partial charge in [0.05, 0.1) is 0 Å². The van der Waals surface area contributed by atoms with Crippen LogP contribution in [0.25, 0.3) is 0 Å². The Kier molecular flexibility index (Phi) is 3.62. The molecule has 1 amide bonds. The standard InChI is InChI=1S/C12H22N2O/c1-9-11(7-4-8-13-9)14-12(15)10-5-2-3-6-10/h9-11,13H,2-8H2,1H3,(H,14,15). The predicted molar refractivity (Wildman–Crippen MR) is 60.6 cm³/mol. The molecule has 2 atom stereocenters. The van der Waals surface area contributed by atoms with E-state index in [9.17, 15) is 4.79 Å². The first-order chi connectivity index (χ1) is 7.27. The molecule has 0 radical (unpaired) electrons. The maximum Gasteiger partial charge on any atom is 0.223 e. The van der Waals surface area contributed by atoms with E-state index in [1.54, 1.807) is 0 Å². The molecule has 2 rings (SSSR count). The highest BCUT2D eigenvalue weighted by Gasteiger charge is 2.27. The quantitative estimate of drug-likeness (QED) is 0.724. The molecule has 2 fully saturated rings. The van der Waals surface area contributed by atoms with Gasteiger partial charge in [-0.2, -0.15) is 0 Å². The fourth-order valence-corrected chi connectivity index (χ4v) is 2.73. The molecule has 1 saturated heterocycles. The molecule has 86 valence electrons. The van der Waals surface area contributed by atoms with E-state index >= 15 is 0 Å². The highest BCUT2D eigenvalue weighted by atomic mass is 16.1. The van der Waals surface area contributed by atoms with Crippen molar-refractivity contribution in [2.75, 3.05) is 6.54 Å². The molecule has 0 aromatic rings. The largest absolute Gasteiger partial charge is 0.352 e. The van der Waals surface area contributed by atoms with Gasteiger partial charge in [0.1, 0.15) is 0 Å². The third-order valence-corrected chi connectivity index (χ3v) is 3.82. The molecule has 2 N–H and O–H groups in total. The number of nitrogens with one attached hydrogen (secondary N) is 2. The zero-order chi connectivity index (χ0) is 10.7. The molecule has 15 heavy (non-hydrogen) atoms. The van der Waals surface area contributed by atoms with Gasteiger partial charge in [-0.15, -0.1) is 0 Å². The molecule has 0 aromatic heterocycles. The summed E-state index contributed by atoms with van der Waals surface area (Å²) < 4.78 is 0. The fourth-order valence-electron chi connectivity index (χ4n) is 2.73. The van der Waals surface area contributed by atoms with Gasteiger partial charge in [0.15, 0.2) is 0 Å². The van der Waals surface area contributed by atoms with E-state index in [0.29, 0.717) is 23.9 Å². The van der Waals surface area contributed by atoms with E-state index in [0.717, 1.165) is 25.8 Å². The lowest BCUT2D eigenvalue weighted by atomic mass is 9.98. The van der Waals surface area contributed by atoms with Crippen molar-refractivity contribution in [3.05, 3.63) is 0 Å². The van der Waals surface area contributed by atoms with Crippen LogP contribution in [-0.2, 0) is 4.79 Å². The van der Waals surface area contributed by atoms with Gasteiger partial charge < -0.3 is 10.6 Å². The van der Waals surface area contributed by atoms with Crippen LogP contribution in [0.15, 0.2) is 0 Å². The lowest BCUT2D eigenvalue weighted by Gasteiger charge is -2.31. The second-order valence-electron chi connectivity index (χ2n) is 4.98. The molecule has 0 bridgehead atoms. The average molecular weight is 210 g/mol. The zero-order valence-electron chi connectivity index (χ0n) is 9.59. The minimum Gasteiger partial charge on any atom is -0.352 e. The maximum atomic E-state index is 11.9. The van der Waals surface area contributed by atoms with Crippen LogP contribution in [0.2, 0.25) is 0 Å². The molecule has 0 aromatic carbocycles. The van der Waals surface area contributed by atoms with Gasteiger partial charge in [-0.1, -0.05) is 12.8 Å². The molecule has 1 saturated carbocycles. The lowest BCUT2D eigenvalue weighted by Crippen LogP contribution is -2.52. The van der Waals surface area contributed by atoms with Crippen LogP contribution in [0, 0.1) is 5.92 Å². The van der Waals surface area contributed by atoms with Crippen LogP contribution in [0.4, 0.5) is 0 Å². The van der Waals surface area contributed by atoms with Gasteiger partial charge in [0.2, 0.25) is 5.91 Å². The molecule has 1 heterocycles. The number of carbonyl (C=O) groups excluding carboxylic acids is 1. The topological polar surface area (TPSA) is 41.1 Å². The third kappa shape index (κ3) is 2.71. The van der Waals surface area contributed by atoms with E-state index < -0.39 is 0 Å². The SMILES string of the molecule is CC1NCCCC1NC(=O)C1CCCC1. The lowest BCUT2D eigenvalue weighted by molar-refractivity contribution is -0.125. The highest BCUT2D eigenvalue weighted by molar-refractivity contribution is 5.79. The molecule has 1 aliphatic carbocycles. The predicted octanol–water partition coefficient (Wildman–Crippen LogP) is 1.43. The summed E-state index contributed by atoms with van der Waals surface area (Å²) in [4.78, 5) is 11.9. The first-order valence-electron chi connectivity index (χ1n) is 6.31. The first-order valence-corrected chi connectivity index (χ1v) is 6.31. The number of rotatable bonds is 2. The van der Waals surface area contributed by atoms with E-state index in [2.05, 4.69) is 17.6 Å². The monoisotopic (exact) mass is 210 g/mol. The van der Waals surface area contributed by atoms with E-state index in [1.165, 1.54) is 19.3 Å². The van der Waals surface area contributed by atoms with E-state index in [-0.39, 0.29) is 0 Å².